The van der Waals surface area contributed by atoms with Crippen LogP contribution in [0.3, 0.4) is 0 Å². The maximum atomic E-state index is 13.4. The summed E-state index contributed by atoms with van der Waals surface area (Å²) in [5.41, 5.74) is 0.820. The highest BCUT2D eigenvalue weighted by molar-refractivity contribution is 6.01. The lowest BCUT2D eigenvalue weighted by Gasteiger charge is -2.24. The average Bonchev–Trinajstić information content (AvgIpc) is 2.79. The van der Waals surface area contributed by atoms with Gasteiger partial charge in [0, 0.05) is 30.2 Å². The van der Waals surface area contributed by atoms with Crippen LogP contribution in [-0.2, 0) is 6.18 Å². The van der Waals surface area contributed by atoms with Gasteiger partial charge >= 0.3 is 18.2 Å². The van der Waals surface area contributed by atoms with E-state index in [0.29, 0.717) is 11.4 Å². The lowest BCUT2D eigenvalue weighted by atomic mass is 10.2. The number of carbonyl (C=O) groups excluding carboxylic acids is 2. The van der Waals surface area contributed by atoms with E-state index < -0.39 is 29.6 Å². The highest BCUT2D eigenvalue weighted by Gasteiger charge is 2.30. The number of nitrogens with zero attached hydrogens (tertiary/aromatic N) is 1. The molecular formula is C24H22F4N4O2. The molecule has 0 aromatic heterocycles. The molecule has 0 radical (unpaired) electrons. The molecule has 0 saturated heterocycles. The van der Waals surface area contributed by atoms with E-state index in [1.165, 1.54) is 29.2 Å². The summed E-state index contributed by atoms with van der Waals surface area (Å²) in [5, 5.41) is 7.74. The van der Waals surface area contributed by atoms with E-state index in [-0.39, 0.29) is 18.8 Å². The van der Waals surface area contributed by atoms with Crippen molar-refractivity contribution in [2.45, 2.75) is 13.1 Å². The number of amides is 4. The quantitative estimate of drug-likeness (QED) is 0.383. The molecule has 178 valence electrons. The van der Waals surface area contributed by atoms with Gasteiger partial charge in [-0.2, -0.15) is 13.2 Å². The first-order valence-corrected chi connectivity index (χ1v) is 10.3. The van der Waals surface area contributed by atoms with Crippen LogP contribution in [0.4, 0.5) is 44.2 Å². The molecule has 6 nitrogen and oxygen atoms in total. The number of urea groups is 2. The third kappa shape index (κ3) is 6.71. The van der Waals surface area contributed by atoms with E-state index in [9.17, 15) is 27.2 Å². The van der Waals surface area contributed by atoms with Gasteiger partial charge in [-0.15, -0.1) is 0 Å². The first-order valence-electron chi connectivity index (χ1n) is 10.3. The fourth-order valence-corrected chi connectivity index (χ4v) is 3.09. The molecule has 0 aliphatic carbocycles. The minimum atomic E-state index is -4.56. The largest absolute Gasteiger partial charge is 0.416 e. The van der Waals surface area contributed by atoms with Crippen molar-refractivity contribution in [3.05, 3.63) is 89.7 Å². The summed E-state index contributed by atoms with van der Waals surface area (Å²) in [7, 11) is 0. The molecule has 34 heavy (non-hydrogen) atoms. The molecule has 0 fully saturated rings. The van der Waals surface area contributed by atoms with Crippen LogP contribution in [0.2, 0.25) is 0 Å². The van der Waals surface area contributed by atoms with Crippen molar-refractivity contribution in [1.29, 1.82) is 0 Å². The summed E-state index contributed by atoms with van der Waals surface area (Å²) >= 11 is 0. The van der Waals surface area contributed by atoms with Crippen LogP contribution in [0.25, 0.3) is 0 Å². The zero-order valence-electron chi connectivity index (χ0n) is 18.1. The van der Waals surface area contributed by atoms with Gasteiger partial charge in [0.25, 0.3) is 0 Å². The van der Waals surface area contributed by atoms with Crippen molar-refractivity contribution >= 4 is 29.1 Å². The van der Waals surface area contributed by atoms with Crippen molar-refractivity contribution in [2.24, 2.45) is 0 Å². The molecule has 0 bridgehead atoms. The molecule has 0 heterocycles. The van der Waals surface area contributed by atoms with Crippen LogP contribution in [0.15, 0.2) is 72.8 Å². The standard InChI is InChI=1S/C24H22F4N4O2/c1-16-5-2-3-8-21(16)31-22(33)29-13-14-32(20-11-9-18(25)10-12-20)23(34)30-19-7-4-6-17(15-19)24(26,27)28/h2-12,15H,13-14H2,1H3,(H,30,34)(H2,29,31,33). The second-order valence-corrected chi connectivity index (χ2v) is 7.33. The van der Waals surface area contributed by atoms with Gasteiger partial charge in [-0.1, -0.05) is 24.3 Å². The van der Waals surface area contributed by atoms with E-state index in [2.05, 4.69) is 16.0 Å². The third-order valence-corrected chi connectivity index (χ3v) is 4.84. The van der Waals surface area contributed by atoms with Crippen molar-refractivity contribution in [1.82, 2.24) is 5.32 Å². The number of hydrogen-bond acceptors (Lipinski definition) is 2. The Bertz CT molecular complexity index is 1150. The van der Waals surface area contributed by atoms with Crippen molar-refractivity contribution in [3.63, 3.8) is 0 Å². The summed E-state index contributed by atoms with van der Waals surface area (Å²) in [6, 6.07) is 15.2. The molecule has 10 heteroatoms. The fraction of sp³-hybridized carbons (Fsp3) is 0.167. The molecular weight excluding hydrogens is 452 g/mol. The Morgan fingerprint density at radius 1 is 0.912 bits per heavy atom. The van der Waals surface area contributed by atoms with Crippen LogP contribution in [-0.4, -0.2) is 25.2 Å². The Kier molecular flexibility index (Phi) is 7.72. The predicted octanol–water partition coefficient (Wildman–Crippen LogP) is 6.01. The van der Waals surface area contributed by atoms with Gasteiger partial charge in [0.2, 0.25) is 0 Å². The van der Waals surface area contributed by atoms with Gasteiger partial charge in [-0.05, 0) is 61.0 Å². The summed E-state index contributed by atoms with van der Waals surface area (Å²) in [6.07, 6.45) is -4.56. The van der Waals surface area contributed by atoms with Gasteiger partial charge in [0.15, 0.2) is 0 Å². The number of hydrogen-bond donors (Lipinski definition) is 3. The van der Waals surface area contributed by atoms with Crippen molar-refractivity contribution in [2.75, 3.05) is 28.6 Å². The molecule has 3 rings (SSSR count). The number of aryl methyl sites for hydroxylation is 1. The summed E-state index contributed by atoms with van der Waals surface area (Å²) in [4.78, 5) is 26.3. The van der Waals surface area contributed by atoms with Gasteiger partial charge in [0.05, 0.1) is 5.56 Å². The molecule has 0 saturated carbocycles. The van der Waals surface area contributed by atoms with Crippen LogP contribution >= 0.6 is 0 Å². The molecule has 4 amide bonds. The first kappa shape index (κ1) is 24.6. The molecule has 3 aromatic rings. The molecule has 3 N–H and O–H groups in total. The number of benzene rings is 3. The van der Waals surface area contributed by atoms with Crippen molar-refractivity contribution < 1.29 is 27.2 Å². The second kappa shape index (κ2) is 10.7. The normalized spacial score (nSPS) is 11.0. The highest BCUT2D eigenvalue weighted by Crippen LogP contribution is 2.30. The maximum absolute atomic E-state index is 13.4. The van der Waals surface area contributed by atoms with E-state index >= 15 is 0 Å². The third-order valence-electron chi connectivity index (χ3n) is 4.84. The number of halogens is 4. The molecule has 0 spiro atoms. The number of carbonyl (C=O) groups is 2. The Morgan fingerprint density at radius 3 is 2.29 bits per heavy atom. The first-order chi connectivity index (χ1) is 16.1. The number of nitrogens with one attached hydrogen (secondary N) is 3. The average molecular weight is 474 g/mol. The molecule has 0 atom stereocenters. The number of para-hydroxylation sites is 1. The monoisotopic (exact) mass is 474 g/mol. The van der Waals surface area contributed by atoms with E-state index in [1.54, 1.807) is 12.1 Å². The topological polar surface area (TPSA) is 73.5 Å². The smallest absolute Gasteiger partial charge is 0.336 e. The maximum Gasteiger partial charge on any atom is 0.416 e. The van der Waals surface area contributed by atoms with Gasteiger partial charge in [-0.3, -0.25) is 4.90 Å². The predicted molar refractivity (Wildman–Crippen MR) is 122 cm³/mol. The number of rotatable bonds is 6. The summed E-state index contributed by atoms with van der Waals surface area (Å²) in [5.74, 6) is -0.516. The van der Waals surface area contributed by atoms with Gasteiger partial charge < -0.3 is 16.0 Å². The van der Waals surface area contributed by atoms with Crippen LogP contribution in [0.1, 0.15) is 11.1 Å². The molecule has 0 aliphatic heterocycles. The Morgan fingerprint density at radius 2 is 1.62 bits per heavy atom. The lowest BCUT2D eigenvalue weighted by molar-refractivity contribution is -0.137. The SMILES string of the molecule is Cc1ccccc1NC(=O)NCCN(C(=O)Nc1cccc(C(F)(F)F)c1)c1ccc(F)cc1. The van der Waals surface area contributed by atoms with Gasteiger partial charge in [0.1, 0.15) is 5.82 Å². The van der Waals surface area contributed by atoms with E-state index in [0.717, 1.165) is 29.8 Å². The molecule has 3 aromatic carbocycles. The van der Waals surface area contributed by atoms with Gasteiger partial charge in [-0.25, -0.2) is 14.0 Å². The second-order valence-electron chi connectivity index (χ2n) is 7.33. The van der Waals surface area contributed by atoms with E-state index in [1.807, 2.05) is 19.1 Å². The summed E-state index contributed by atoms with van der Waals surface area (Å²) < 4.78 is 52.3. The van der Waals surface area contributed by atoms with Crippen molar-refractivity contribution in [3.8, 4) is 0 Å². The van der Waals surface area contributed by atoms with Crippen LogP contribution < -0.4 is 20.9 Å². The molecule has 0 aliphatic rings. The Hall–Kier alpha value is -4.08. The number of alkyl halides is 3. The molecule has 0 unspecified atom stereocenters. The number of anilines is 3. The zero-order chi connectivity index (χ0) is 24.7. The van der Waals surface area contributed by atoms with Crippen LogP contribution in [0, 0.1) is 12.7 Å². The van der Waals surface area contributed by atoms with Crippen LogP contribution in [0.5, 0.6) is 0 Å². The zero-order valence-corrected chi connectivity index (χ0v) is 18.1. The van der Waals surface area contributed by atoms with E-state index in [4.69, 9.17) is 0 Å². The minimum absolute atomic E-state index is 0.0190. The minimum Gasteiger partial charge on any atom is -0.336 e. The summed E-state index contributed by atoms with van der Waals surface area (Å²) in [6.45, 7) is 1.83. The highest BCUT2D eigenvalue weighted by atomic mass is 19.4. The Balaban J connectivity index is 1.69. The Labute approximate surface area is 193 Å². The fourth-order valence-electron chi connectivity index (χ4n) is 3.09. The lowest BCUT2D eigenvalue weighted by Crippen LogP contribution is -2.42.